The van der Waals surface area contributed by atoms with Gasteiger partial charge in [0.05, 0.1) is 38.1 Å². The Balaban J connectivity index is 1.85. The Morgan fingerprint density at radius 2 is 1.89 bits per heavy atom. The van der Waals surface area contributed by atoms with Gasteiger partial charge in [-0.2, -0.15) is 0 Å². The summed E-state index contributed by atoms with van der Waals surface area (Å²) in [6.45, 7) is -1.34. The highest BCUT2D eigenvalue weighted by atomic mass is 16.8. The molecule has 1 aliphatic carbocycles. The summed E-state index contributed by atoms with van der Waals surface area (Å²) in [5, 5.41) is 59.5. The molecule has 0 radical (unpaired) electrons. The van der Waals surface area contributed by atoms with Gasteiger partial charge in [0.1, 0.15) is 30.0 Å². The highest BCUT2D eigenvalue weighted by Gasteiger charge is 2.55. The van der Waals surface area contributed by atoms with Crippen molar-refractivity contribution in [2.75, 3.05) is 20.3 Å². The topological polar surface area (TPSA) is 175 Å². The Morgan fingerprint density at radius 3 is 2.50 bits per heavy atom. The Morgan fingerprint density at radius 1 is 1.18 bits per heavy atom. The van der Waals surface area contributed by atoms with Crippen LogP contribution in [0, 0.1) is 11.8 Å². The third-order valence-corrected chi connectivity index (χ3v) is 5.33. The zero-order chi connectivity index (χ0) is 20.6. The Kier molecular flexibility index (Phi) is 6.08. The molecule has 0 saturated carbocycles. The van der Waals surface area contributed by atoms with Gasteiger partial charge in [0.15, 0.2) is 6.29 Å². The van der Waals surface area contributed by atoms with Gasteiger partial charge in [0.2, 0.25) is 6.29 Å². The summed E-state index contributed by atoms with van der Waals surface area (Å²) in [6, 6.07) is 0. The number of methoxy groups -OCH3 is 1. The lowest BCUT2D eigenvalue weighted by atomic mass is 9.79. The van der Waals surface area contributed by atoms with E-state index in [-0.39, 0.29) is 5.57 Å². The van der Waals surface area contributed by atoms with Gasteiger partial charge in [-0.3, -0.25) is 0 Å². The molecule has 0 spiro atoms. The Bertz CT molecular complexity index is 647. The summed E-state index contributed by atoms with van der Waals surface area (Å²) in [6.07, 6.45) is -4.99. The number of carbonyl (C=O) groups is 1. The number of allylic oxidation sites excluding steroid dienone is 1. The van der Waals surface area contributed by atoms with E-state index >= 15 is 0 Å². The molecule has 6 N–H and O–H groups in total. The highest BCUT2D eigenvalue weighted by molar-refractivity contribution is 5.89. The van der Waals surface area contributed by atoms with Crippen LogP contribution in [0.4, 0.5) is 0 Å². The summed E-state index contributed by atoms with van der Waals surface area (Å²) >= 11 is 0. The van der Waals surface area contributed by atoms with E-state index in [9.17, 15) is 35.4 Å². The van der Waals surface area contributed by atoms with E-state index in [0.717, 1.165) is 6.26 Å². The fourth-order valence-corrected chi connectivity index (χ4v) is 3.71. The molecule has 2 heterocycles. The monoisotopic (exact) mass is 404 g/mol. The molecule has 0 aromatic rings. The quantitative estimate of drug-likeness (QED) is 0.200. The molecule has 2 aliphatic heterocycles. The van der Waals surface area contributed by atoms with Crippen molar-refractivity contribution in [1.29, 1.82) is 0 Å². The SMILES string of the molecule is COC(=O)C1=CO[C@H](O[C@H]2O[C@@H](CO)[C@@H](O)[C@@H](O)[C@H]2O)[C@@H]2[C@@H]1C=C[C@]2(O)CO. The summed E-state index contributed by atoms with van der Waals surface area (Å²) in [7, 11) is 1.19. The molecular weight excluding hydrogens is 380 g/mol. The molecule has 1 fully saturated rings. The molecule has 0 aromatic carbocycles. The van der Waals surface area contributed by atoms with E-state index in [2.05, 4.69) is 0 Å². The van der Waals surface area contributed by atoms with Crippen LogP contribution in [-0.2, 0) is 23.7 Å². The lowest BCUT2D eigenvalue weighted by Gasteiger charge is -2.44. The van der Waals surface area contributed by atoms with Crippen LogP contribution < -0.4 is 0 Å². The molecule has 11 heteroatoms. The van der Waals surface area contributed by atoms with Gasteiger partial charge >= 0.3 is 5.97 Å². The minimum absolute atomic E-state index is 0.0989. The van der Waals surface area contributed by atoms with Gasteiger partial charge in [-0.15, -0.1) is 0 Å². The maximum atomic E-state index is 12.0. The molecule has 9 atom stereocenters. The number of aliphatic hydroxyl groups excluding tert-OH is 5. The molecule has 1 saturated heterocycles. The molecule has 0 amide bonds. The second-order valence-electron chi connectivity index (χ2n) is 6.96. The average Bonchev–Trinajstić information content (AvgIpc) is 3.06. The smallest absolute Gasteiger partial charge is 0.337 e. The zero-order valence-corrected chi connectivity index (χ0v) is 15.0. The minimum atomic E-state index is -1.79. The van der Waals surface area contributed by atoms with Crippen LogP contribution >= 0.6 is 0 Å². The number of hydrogen-bond donors (Lipinski definition) is 6. The number of hydrogen-bond acceptors (Lipinski definition) is 11. The molecular formula is C17H24O11. The first-order valence-corrected chi connectivity index (χ1v) is 8.69. The normalized spacial score (nSPS) is 45.2. The van der Waals surface area contributed by atoms with Gasteiger partial charge in [-0.05, 0) is 0 Å². The molecule has 3 aliphatic rings. The molecule has 158 valence electrons. The summed E-state index contributed by atoms with van der Waals surface area (Å²) in [5.41, 5.74) is -1.70. The van der Waals surface area contributed by atoms with Crippen molar-refractivity contribution in [2.45, 2.75) is 42.6 Å². The van der Waals surface area contributed by atoms with E-state index < -0.39 is 73.6 Å². The first-order valence-electron chi connectivity index (χ1n) is 8.69. The maximum absolute atomic E-state index is 12.0. The average molecular weight is 404 g/mol. The number of esters is 1. The van der Waals surface area contributed by atoms with Crippen molar-refractivity contribution in [1.82, 2.24) is 0 Å². The van der Waals surface area contributed by atoms with Crippen molar-refractivity contribution in [3.8, 4) is 0 Å². The number of ether oxygens (including phenoxy) is 4. The van der Waals surface area contributed by atoms with Gasteiger partial charge in [-0.25, -0.2) is 4.79 Å². The first kappa shape index (κ1) is 21.1. The fourth-order valence-electron chi connectivity index (χ4n) is 3.71. The number of fused-ring (bicyclic) bond motifs is 1. The van der Waals surface area contributed by atoms with Crippen LogP contribution in [0.25, 0.3) is 0 Å². The minimum Gasteiger partial charge on any atom is -0.471 e. The predicted octanol–water partition coefficient (Wildman–Crippen LogP) is -3.26. The second-order valence-corrected chi connectivity index (χ2v) is 6.96. The van der Waals surface area contributed by atoms with Gasteiger partial charge < -0.3 is 49.6 Å². The van der Waals surface area contributed by atoms with Crippen molar-refractivity contribution in [2.24, 2.45) is 11.8 Å². The Hall–Kier alpha value is -1.57. The van der Waals surface area contributed by atoms with Gasteiger partial charge in [-0.1, -0.05) is 12.2 Å². The molecule has 11 nitrogen and oxygen atoms in total. The van der Waals surface area contributed by atoms with Crippen molar-refractivity contribution in [3.63, 3.8) is 0 Å². The molecule has 28 heavy (non-hydrogen) atoms. The van der Waals surface area contributed by atoms with E-state index in [1.54, 1.807) is 0 Å². The molecule has 3 rings (SSSR count). The second kappa shape index (κ2) is 8.05. The first-order chi connectivity index (χ1) is 13.3. The van der Waals surface area contributed by atoms with Crippen LogP contribution in [0.3, 0.4) is 0 Å². The van der Waals surface area contributed by atoms with Crippen LogP contribution in [-0.4, -0.2) is 99.5 Å². The maximum Gasteiger partial charge on any atom is 0.337 e. The molecule has 0 bridgehead atoms. The number of carbonyl (C=O) groups excluding carboxylic acids is 1. The van der Waals surface area contributed by atoms with E-state index in [4.69, 9.17) is 18.9 Å². The highest BCUT2D eigenvalue weighted by Crippen LogP contribution is 2.45. The van der Waals surface area contributed by atoms with Crippen molar-refractivity contribution >= 4 is 5.97 Å². The van der Waals surface area contributed by atoms with Gasteiger partial charge in [0, 0.05) is 5.92 Å². The summed E-state index contributed by atoms with van der Waals surface area (Å²) in [4.78, 5) is 12.0. The number of rotatable bonds is 5. The third kappa shape index (κ3) is 3.44. The standard InChI is InChI=1S/C17H24O11/c1-25-14(23)8-5-26-15(10-7(8)2-3-17(10,24)6-19)28-16-13(22)12(21)11(20)9(4-18)27-16/h2-3,5,7,9-13,15-16,18-22,24H,4,6H2,1H3/t7-,9+,10+,11-,12-,13-,15-,16-,17+/m1/s1. The largest absolute Gasteiger partial charge is 0.471 e. The van der Waals surface area contributed by atoms with E-state index in [1.165, 1.54) is 19.3 Å². The Labute approximate surface area is 160 Å². The molecule has 0 unspecified atom stereocenters. The van der Waals surface area contributed by atoms with Crippen LogP contribution in [0.5, 0.6) is 0 Å². The van der Waals surface area contributed by atoms with Crippen molar-refractivity contribution in [3.05, 3.63) is 24.0 Å². The van der Waals surface area contributed by atoms with Gasteiger partial charge in [0.25, 0.3) is 0 Å². The lowest BCUT2D eigenvalue weighted by molar-refractivity contribution is -0.346. The summed E-state index contributed by atoms with van der Waals surface area (Å²) < 4.78 is 21.0. The fraction of sp³-hybridized carbons (Fsp3) is 0.706. The summed E-state index contributed by atoms with van der Waals surface area (Å²) in [5.74, 6) is -2.40. The lowest BCUT2D eigenvalue weighted by Crippen LogP contribution is -2.61. The zero-order valence-electron chi connectivity index (χ0n) is 15.0. The van der Waals surface area contributed by atoms with Crippen molar-refractivity contribution < 1.29 is 54.4 Å². The van der Waals surface area contributed by atoms with Crippen LogP contribution in [0.15, 0.2) is 24.0 Å². The predicted molar refractivity (Wildman–Crippen MR) is 88.0 cm³/mol. The molecule has 0 aromatic heterocycles. The van der Waals surface area contributed by atoms with Crippen LogP contribution in [0.1, 0.15) is 0 Å². The third-order valence-electron chi connectivity index (χ3n) is 5.33. The number of aliphatic hydroxyl groups is 6. The van der Waals surface area contributed by atoms with E-state index in [1.807, 2.05) is 0 Å². The van der Waals surface area contributed by atoms with E-state index in [0.29, 0.717) is 0 Å². The van der Waals surface area contributed by atoms with Crippen LogP contribution in [0.2, 0.25) is 0 Å².